The molecule has 0 bridgehead atoms. The summed E-state index contributed by atoms with van der Waals surface area (Å²) < 4.78 is 60.1. The fourth-order valence-corrected chi connectivity index (χ4v) is 5.93. The molecule has 1 aliphatic rings. The number of hydrogen-bond donors (Lipinski definition) is 1. The molecule has 1 saturated carbocycles. The number of halogens is 2. The SMILES string of the molecule is O=C(Nc1cnccn1)C(Oc1ccc(F)cc1F)c1ccccc1S(=O)(=O)C1CCCC1. The van der Waals surface area contributed by atoms with Crippen LogP contribution in [0.4, 0.5) is 14.6 Å². The van der Waals surface area contributed by atoms with Gasteiger partial charge in [0.1, 0.15) is 5.82 Å². The summed E-state index contributed by atoms with van der Waals surface area (Å²) >= 11 is 0. The predicted octanol–water partition coefficient (Wildman–Crippen LogP) is 4.23. The second-order valence-electron chi connectivity index (χ2n) is 7.64. The molecule has 1 unspecified atom stereocenters. The average Bonchev–Trinajstić information content (AvgIpc) is 3.35. The van der Waals surface area contributed by atoms with Gasteiger partial charge >= 0.3 is 0 Å². The standard InChI is InChI=1S/C23H21F2N3O4S/c24-15-9-10-19(18(25)13-15)32-22(23(29)28-21-14-26-11-12-27-21)17-7-3-4-8-20(17)33(30,31)16-5-1-2-6-16/h3-4,7-14,16,22H,1-2,5-6H2,(H,27,28,29). The fourth-order valence-electron chi connectivity index (χ4n) is 3.85. The zero-order valence-electron chi connectivity index (χ0n) is 17.4. The molecule has 1 amide bonds. The van der Waals surface area contributed by atoms with E-state index in [-0.39, 0.29) is 16.3 Å². The van der Waals surface area contributed by atoms with Gasteiger partial charge in [0.05, 0.1) is 16.3 Å². The highest BCUT2D eigenvalue weighted by molar-refractivity contribution is 7.92. The van der Waals surface area contributed by atoms with Gasteiger partial charge in [-0.1, -0.05) is 31.0 Å². The van der Waals surface area contributed by atoms with Crippen molar-refractivity contribution in [3.05, 3.63) is 78.3 Å². The molecule has 1 aliphatic carbocycles. The van der Waals surface area contributed by atoms with Crippen molar-refractivity contribution < 1.29 is 26.7 Å². The number of nitrogens with zero attached hydrogens (tertiary/aromatic N) is 2. The Morgan fingerprint density at radius 2 is 1.85 bits per heavy atom. The first-order chi connectivity index (χ1) is 15.9. The first-order valence-electron chi connectivity index (χ1n) is 10.4. The van der Waals surface area contributed by atoms with E-state index in [9.17, 15) is 22.0 Å². The number of sulfone groups is 1. The molecule has 3 aromatic rings. The smallest absolute Gasteiger partial charge is 0.271 e. The molecule has 0 aliphatic heterocycles. The van der Waals surface area contributed by atoms with Gasteiger partial charge in [0.2, 0.25) is 6.10 Å². The van der Waals surface area contributed by atoms with E-state index in [4.69, 9.17) is 4.74 Å². The molecular formula is C23H21F2N3O4S. The molecule has 0 saturated heterocycles. The Kier molecular flexibility index (Phi) is 6.64. The molecule has 1 aromatic heterocycles. The van der Waals surface area contributed by atoms with Crippen LogP contribution in [-0.2, 0) is 14.6 Å². The topological polar surface area (TPSA) is 98.2 Å². The number of rotatable bonds is 7. The zero-order chi connectivity index (χ0) is 23.4. The second-order valence-corrected chi connectivity index (χ2v) is 9.84. The Morgan fingerprint density at radius 1 is 1.09 bits per heavy atom. The molecule has 4 rings (SSSR count). The maximum Gasteiger partial charge on any atom is 0.271 e. The van der Waals surface area contributed by atoms with E-state index in [0.717, 1.165) is 25.0 Å². The number of anilines is 1. The first kappa shape index (κ1) is 22.8. The van der Waals surface area contributed by atoms with Crippen LogP contribution in [0.3, 0.4) is 0 Å². The molecule has 1 heterocycles. The van der Waals surface area contributed by atoms with Gasteiger partial charge in [0, 0.05) is 24.0 Å². The Bertz CT molecular complexity index is 1250. The van der Waals surface area contributed by atoms with E-state index < -0.39 is 44.5 Å². The number of benzene rings is 2. The van der Waals surface area contributed by atoms with Crippen LogP contribution in [0.25, 0.3) is 0 Å². The minimum absolute atomic E-state index is 0.0505. The molecular weight excluding hydrogens is 452 g/mol. The van der Waals surface area contributed by atoms with E-state index in [1.165, 1.54) is 30.7 Å². The van der Waals surface area contributed by atoms with Crippen LogP contribution in [0.2, 0.25) is 0 Å². The number of carbonyl (C=O) groups is 1. The molecule has 172 valence electrons. The number of aromatic nitrogens is 2. The molecule has 1 atom stereocenters. The van der Waals surface area contributed by atoms with E-state index in [0.29, 0.717) is 18.9 Å². The van der Waals surface area contributed by atoms with Gasteiger partial charge in [-0.3, -0.25) is 9.78 Å². The lowest BCUT2D eigenvalue weighted by Gasteiger charge is -2.23. The van der Waals surface area contributed by atoms with Crippen LogP contribution in [0.15, 0.2) is 66.0 Å². The minimum atomic E-state index is -3.77. The van der Waals surface area contributed by atoms with Crippen LogP contribution in [0.5, 0.6) is 5.75 Å². The summed E-state index contributed by atoms with van der Waals surface area (Å²) in [4.78, 5) is 21.0. The van der Waals surface area contributed by atoms with Crippen LogP contribution >= 0.6 is 0 Å². The average molecular weight is 474 g/mol. The van der Waals surface area contributed by atoms with Crippen molar-refractivity contribution in [3.8, 4) is 5.75 Å². The molecule has 2 aromatic carbocycles. The normalized spacial score (nSPS) is 15.2. The van der Waals surface area contributed by atoms with Crippen molar-refractivity contribution in [2.24, 2.45) is 0 Å². The van der Waals surface area contributed by atoms with Crippen LogP contribution in [-0.4, -0.2) is 29.5 Å². The highest BCUT2D eigenvalue weighted by Crippen LogP contribution is 2.35. The van der Waals surface area contributed by atoms with Gasteiger partial charge in [-0.15, -0.1) is 0 Å². The Morgan fingerprint density at radius 3 is 2.55 bits per heavy atom. The molecule has 7 nitrogen and oxygen atoms in total. The van der Waals surface area contributed by atoms with Gasteiger partial charge in [0.25, 0.3) is 5.91 Å². The van der Waals surface area contributed by atoms with E-state index >= 15 is 0 Å². The highest BCUT2D eigenvalue weighted by Gasteiger charge is 2.36. The quantitative estimate of drug-likeness (QED) is 0.552. The zero-order valence-corrected chi connectivity index (χ0v) is 18.3. The van der Waals surface area contributed by atoms with E-state index in [1.807, 2.05) is 0 Å². The summed E-state index contributed by atoms with van der Waals surface area (Å²) in [5, 5.41) is 1.95. The van der Waals surface area contributed by atoms with Crippen LogP contribution in [0.1, 0.15) is 37.4 Å². The van der Waals surface area contributed by atoms with Crippen molar-refractivity contribution in [1.29, 1.82) is 0 Å². The largest absolute Gasteiger partial charge is 0.473 e. The van der Waals surface area contributed by atoms with Crippen molar-refractivity contribution >= 4 is 21.6 Å². The molecule has 1 fully saturated rings. The number of carbonyl (C=O) groups excluding carboxylic acids is 1. The lowest BCUT2D eigenvalue weighted by atomic mass is 10.1. The van der Waals surface area contributed by atoms with Crippen molar-refractivity contribution in [2.45, 2.75) is 41.9 Å². The van der Waals surface area contributed by atoms with Crippen LogP contribution < -0.4 is 10.1 Å². The summed E-state index contributed by atoms with van der Waals surface area (Å²) in [6.45, 7) is 0. The minimum Gasteiger partial charge on any atom is -0.473 e. The highest BCUT2D eigenvalue weighted by atomic mass is 32.2. The summed E-state index contributed by atoms with van der Waals surface area (Å²) in [5.41, 5.74) is 0.0505. The maximum absolute atomic E-state index is 14.4. The molecule has 33 heavy (non-hydrogen) atoms. The Hall–Kier alpha value is -3.40. The third-order valence-corrected chi connectivity index (χ3v) is 7.77. The van der Waals surface area contributed by atoms with E-state index in [1.54, 1.807) is 12.1 Å². The number of amides is 1. The lowest BCUT2D eigenvalue weighted by Crippen LogP contribution is -2.29. The molecule has 10 heteroatoms. The van der Waals surface area contributed by atoms with Gasteiger partial charge in [-0.2, -0.15) is 0 Å². The van der Waals surface area contributed by atoms with E-state index in [2.05, 4.69) is 15.3 Å². The van der Waals surface area contributed by atoms with Crippen molar-refractivity contribution in [1.82, 2.24) is 9.97 Å². The molecule has 0 radical (unpaired) electrons. The summed E-state index contributed by atoms with van der Waals surface area (Å²) in [7, 11) is -3.77. The number of nitrogens with one attached hydrogen (secondary N) is 1. The van der Waals surface area contributed by atoms with Gasteiger partial charge < -0.3 is 10.1 Å². The van der Waals surface area contributed by atoms with Gasteiger partial charge in [-0.05, 0) is 31.0 Å². The van der Waals surface area contributed by atoms with Crippen molar-refractivity contribution in [2.75, 3.05) is 5.32 Å². The third kappa shape index (κ3) is 5.00. The Balaban J connectivity index is 1.77. The van der Waals surface area contributed by atoms with Crippen LogP contribution in [0, 0.1) is 11.6 Å². The van der Waals surface area contributed by atoms with Crippen molar-refractivity contribution in [3.63, 3.8) is 0 Å². The van der Waals surface area contributed by atoms with Gasteiger partial charge in [-0.25, -0.2) is 22.2 Å². The maximum atomic E-state index is 14.4. The third-order valence-electron chi connectivity index (χ3n) is 5.44. The number of ether oxygens (including phenoxy) is 1. The first-order valence-corrected chi connectivity index (χ1v) is 11.9. The summed E-state index contributed by atoms with van der Waals surface area (Å²) in [6, 6.07) is 8.63. The second kappa shape index (κ2) is 9.62. The summed E-state index contributed by atoms with van der Waals surface area (Å²) in [5.74, 6) is -2.92. The fraction of sp³-hybridized carbons (Fsp3) is 0.261. The molecule has 0 spiro atoms. The molecule has 1 N–H and O–H groups in total. The van der Waals surface area contributed by atoms with Gasteiger partial charge in [0.15, 0.2) is 27.2 Å². The Labute approximate surface area is 189 Å². The number of hydrogen-bond acceptors (Lipinski definition) is 6. The summed E-state index contributed by atoms with van der Waals surface area (Å²) in [6.07, 6.45) is 5.19. The monoisotopic (exact) mass is 473 g/mol. The predicted molar refractivity (Wildman–Crippen MR) is 116 cm³/mol. The lowest BCUT2D eigenvalue weighted by molar-refractivity contribution is -0.123.